The van der Waals surface area contributed by atoms with Gasteiger partial charge < -0.3 is 24.8 Å². The van der Waals surface area contributed by atoms with Crippen LogP contribution in [-0.4, -0.2) is 10.2 Å². The van der Waals surface area contributed by atoms with Crippen molar-refractivity contribution in [2.45, 2.75) is 13.8 Å². The Bertz CT molecular complexity index is 638. The minimum Gasteiger partial charge on any atom is -1.00 e. The van der Waals surface area contributed by atoms with E-state index in [4.69, 9.17) is 0 Å². The van der Waals surface area contributed by atoms with Gasteiger partial charge in [0.1, 0.15) is 0 Å². The largest absolute Gasteiger partial charge is 1.00 e. The Morgan fingerprint density at radius 1 is 0.696 bits per heavy atom. The van der Waals surface area contributed by atoms with Crippen molar-refractivity contribution in [3.05, 3.63) is 82.9 Å². The van der Waals surface area contributed by atoms with E-state index in [9.17, 15) is 0 Å². The topological polar surface area (TPSA) is 0 Å². The molecule has 2 unspecified atom stereocenters. The first kappa shape index (κ1) is 20.6. The van der Waals surface area contributed by atoms with Crippen molar-refractivity contribution in [1.29, 1.82) is 0 Å². The summed E-state index contributed by atoms with van der Waals surface area (Å²) in [5.41, 5.74) is 5.99. The van der Waals surface area contributed by atoms with E-state index in [1.54, 1.807) is 11.1 Å². The van der Waals surface area contributed by atoms with Crippen molar-refractivity contribution in [3.8, 4) is 0 Å². The van der Waals surface area contributed by atoms with Crippen LogP contribution in [0.5, 0.6) is 0 Å². The fourth-order valence-electron chi connectivity index (χ4n) is 2.98. The summed E-state index contributed by atoms with van der Waals surface area (Å²) in [5.74, 6) is 0. The SMILES string of the molecule is C1=C[CH]([Zr+2][CH]2C=Cc3ccccc32)c2ccccc21.C[SiH3].[Cl-].[Cl-]. The van der Waals surface area contributed by atoms with Crippen molar-refractivity contribution >= 4 is 22.4 Å². The second kappa shape index (κ2) is 9.79. The molecule has 0 saturated carbocycles. The van der Waals surface area contributed by atoms with E-state index in [0.717, 1.165) is 7.25 Å². The number of rotatable bonds is 2. The molecule has 2 aliphatic carbocycles. The maximum absolute atomic E-state index is 2.44. The monoisotopic (exact) mass is 436 g/mol. The number of allylic oxidation sites excluding steroid dienone is 2. The van der Waals surface area contributed by atoms with Crippen LogP contribution in [0.1, 0.15) is 29.5 Å². The summed E-state index contributed by atoms with van der Waals surface area (Å²) in [5, 5.41) is 0. The van der Waals surface area contributed by atoms with Gasteiger partial charge in [-0.05, 0) is 10.2 Å². The molecule has 23 heavy (non-hydrogen) atoms. The molecule has 0 amide bonds. The smallest absolute Gasteiger partial charge is 0.000585 e. The zero-order valence-corrected chi connectivity index (χ0v) is 19.3. The van der Waals surface area contributed by atoms with E-state index in [1.807, 2.05) is 0 Å². The van der Waals surface area contributed by atoms with Crippen LogP contribution >= 0.6 is 0 Å². The minimum absolute atomic E-state index is 0. The zero-order chi connectivity index (χ0) is 14.7. The molecule has 0 aliphatic heterocycles. The maximum Gasteiger partial charge on any atom is -0.000585 e. The van der Waals surface area contributed by atoms with Crippen LogP contribution < -0.4 is 24.8 Å². The van der Waals surface area contributed by atoms with Gasteiger partial charge >= 0.3 is 126 Å². The third-order valence-electron chi connectivity index (χ3n) is 3.96. The zero-order valence-electron chi connectivity index (χ0n) is 13.3. The minimum atomic E-state index is -0.542. The van der Waals surface area contributed by atoms with Crippen LogP contribution in [0, 0.1) is 0 Å². The van der Waals surface area contributed by atoms with Gasteiger partial charge in [-0.2, -0.15) is 0 Å². The van der Waals surface area contributed by atoms with Gasteiger partial charge in [-0.1, -0.05) is 6.55 Å². The molecule has 0 radical (unpaired) electrons. The van der Waals surface area contributed by atoms with Crippen LogP contribution in [0.3, 0.4) is 0 Å². The fraction of sp³-hybridized carbons (Fsp3) is 0.158. The Hall–Kier alpha value is -0.400. The van der Waals surface area contributed by atoms with Crippen molar-refractivity contribution in [2.75, 3.05) is 0 Å². The van der Waals surface area contributed by atoms with Crippen LogP contribution in [0.2, 0.25) is 6.55 Å². The third kappa shape index (κ3) is 4.37. The molecule has 2 aliphatic rings. The van der Waals surface area contributed by atoms with Crippen molar-refractivity contribution in [2.24, 2.45) is 0 Å². The second-order valence-electron chi connectivity index (χ2n) is 5.10. The van der Waals surface area contributed by atoms with Gasteiger partial charge in [0, 0.05) is 0 Å². The average molecular weight is 439 g/mol. The summed E-state index contributed by atoms with van der Waals surface area (Å²) in [6.45, 7) is 2.14. The normalized spacial score (nSPS) is 18.7. The van der Waals surface area contributed by atoms with Crippen molar-refractivity contribution in [1.82, 2.24) is 0 Å². The Kier molecular flexibility index (Phi) is 8.79. The van der Waals surface area contributed by atoms with Gasteiger partial charge in [0.25, 0.3) is 0 Å². The molecule has 4 heteroatoms. The van der Waals surface area contributed by atoms with E-state index >= 15 is 0 Å². The molecule has 2 aromatic carbocycles. The Balaban J connectivity index is 0.000000638. The van der Waals surface area contributed by atoms with Gasteiger partial charge in [-0.25, -0.2) is 0 Å². The van der Waals surface area contributed by atoms with E-state index in [1.165, 1.54) is 21.4 Å². The summed E-state index contributed by atoms with van der Waals surface area (Å²) >= 11 is -0.542. The first-order chi connectivity index (χ1) is 10.4. The summed E-state index contributed by atoms with van der Waals surface area (Å²) in [4.78, 5) is 0. The summed E-state index contributed by atoms with van der Waals surface area (Å²) in [7, 11) is 1.31. The number of hydrogen-bond donors (Lipinski definition) is 0. The summed E-state index contributed by atoms with van der Waals surface area (Å²) < 4.78 is 1.47. The van der Waals surface area contributed by atoms with Gasteiger partial charge in [-0.15, -0.1) is 0 Å². The van der Waals surface area contributed by atoms with Crippen LogP contribution in [0.15, 0.2) is 60.7 Å². The standard InChI is InChI=1S/2C9H7.CH6Si.2ClH.Zr/c2*1-2-5-9-7-3-6-8(9)4-1;1-2;;;/h2*1-7H;1-2H3;2*1H;/q;;;;;+2/p-2. The average Bonchev–Trinajstić information content (AvgIpc) is 3.15. The molecule has 0 heterocycles. The summed E-state index contributed by atoms with van der Waals surface area (Å²) in [6.07, 6.45) is 9.49. The molecule has 2 aromatic rings. The maximum atomic E-state index is 2.44. The van der Waals surface area contributed by atoms with E-state index in [2.05, 4.69) is 79.4 Å². The second-order valence-corrected chi connectivity index (χ2v) is 8.98. The summed E-state index contributed by atoms with van der Waals surface area (Å²) in [6, 6.07) is 17.7. The molecular weight excluding hydrogens is 418 g/mol. The number of hydrogen-bond acceptors (Lipinski definition) is 0. The molecule has 2 atom stereocenters. The first-order valence-electron chi connectivity index (χ1n) is 7.72. The molecule has 0 bridgehead atoms. The van der Waals surface area contributed by atoms with Gasteiger partial charge in [0.2, 0.25) is 0 Å². The predicted molar refractivity (Wildman–Crippen MR) is 92.2 cm³/mol. The molecule has 0 nitrogen and oxygen atoms in total. The van der Waals surface area contributed by atoms with Crippen LogP contribution in [0.4, 0.5) is 0 Å². The van der Waals surface area contributed by atoms with Gasteiger partial charge in [0.05, 0.1) is 0 Å². The van der Waals surface area contributed by atoms with Crippen molar-refractivity contribution < 1.29 is 48.0 Å². The van der Waals surface area contributed by atoms with E-state index in [0.29, 0.717) is 0 Å². The molecular formula is C19H20Cl2SiZr. The number of benzene rings is 2. The van der Waals surface area contributed by atoms with Gasteiger partial charge in [-0.3, -0.25) is 0 Å². The van der Waals surface area contributed by atoms with Gasteiger partial charge in [0.15, 0.2) is 0 Å². The number of halogens is 2. The quantitative estimate of drug-likeness (QED) is 0.477. The molecule has 0 fully saturated rings. The Labute approximate surface area is 166 Å². The Morgan fingerprint density at radius 2 is 1.09 bits per heavy atom. The molecule has 0 spiro atoms. The molecule has 0 aromatic heterocycles. The Morgan fingerprint density at radius 3 is 1.52 bits per heavy atom. The van der Waals surface area contributed by atoms with Crippen LogP contribution in [-0.2, 0) is 23.2 Å². The number of fused-ring (bicyclic) bond motifs is 2. The first-order valence-corrected chi connectivity index (χ1v) is 12.6. The van der Waals surface area contributed by atoms with Crippen molar-refractivity contribution in [3.63, 3.8) is 0 Å². The third-order valence-corrected chi connectivity index (χ3v) is 8.20. The fourth-order valence-corrected chi connectivity index (χ4v) is 7.13. The molecule has 0 N–H and O–H groups in total. The predicted octanol–water partition coefficient (Wildman–Crippen LogP) is -1.99. The van der Waals surface area contributed by atoms with Crippen LogP contribution in [0.25, 0.3) is 12.2 Å². The van der Waals surface area contributed by atoms with E-state index in [-0.39, 0.29) is 24.8 Å². The molecule has 118 valence electrons. The molecule has 4 rings (SSSR count). The van der Waals surface area contributed by atoms with E-state index < -0.39 is 23.2 Å². The molecule has 0 saturated heterocycles.